The van der Waals surface area contributed by atoms with Crippen LogP contribution in [0.2, 0.25) is 0 Å². The molecule has 52 heavy (non-hydrogen) atoms. The summed E-state index contributed by atoms with van der Waals surface area (Å²) in [6.07, 6.45) is 0. The number of fused-ring (bicyclic) bond motifs is 8. The minimum absolute atomic E-state index is 0.904. The minimum atomic E-state index is 0.904. The second kappa shape index (κ2) is 11.5. The van der Waals surface area contributed by atoms with Crippen molar-refractivity contribution in [2.75, 3.05) is 0 Å². The summed E-state index contributed by atoms with van der Waals surface area (Å²) in [7, 11) is 0. The van der Waals surface area contributed by atoms with Gasteiger partial charge in [0, 0.05) is 30.9 Å². The van der Waals surface area contributed by atoms with E-state index < -0.39 is 0 Å². The van der Waals surface area contributed by atoms with E-state index in [9.17, 15) is 0 Å². The minimum Gasteiger partial charge on any atom is -0.456 e. The lowest BCUT2D eigenvalue weighted by molar-refractivity contribution is 0.669. The van der Waals surface area contributed by atoms with E-state index in [-0.39, 0.29) is 0 Å². The first kappa shape index (κ1) is 29.3. The first-order chi connectivity index (χ1) is 25.8. The van der Waals surface area contributed by atoms with Gasteiger partial charge in [-0.25, -0.2) is 0 Å². The van der Waals surface area contributed by atoms with Gasteiger partial charge in [-0.3, -0.25) is 0 Å². The molecule has 9 aromatic carbocycles. The van der Waals surface area contributed by atoms with Crippen molar-refractivity contribution in [1.29, 1.82) is 0 Å². The second-order valence-corrected chi connectivity index (χ2v) is 14.7. The van der Waals surface area contributed by atoms with Crippen molar-refractivity contribution in [2.24, 2.45) is 0 Å². The lowest BCUT2D eigenvalue weighted by Gasteiger charge is -2.18. The third-order valence-electron chi connectivity index (χ3n) is 10.7. The highest BCUT2D eigenvalue weighted by atomic mass is 32.1. The fourth-order valence-electron chi connectivity index (χ4n) is 8.33. The van der Waals surface area contributed by atoms with Crippen LogP contribution in [-0.4, -0.2) is 0 Å². The van der Waals surface area contributed by atoms with E-state index in [1.54, 1.807) is 0 Å². The molecule has 0 radical (unpaired) electrons. The molecule has 0 amide bonds. The molecule has 0 unspecified atom stereocenters. The van der Waals surface area contributed by atoms with Crippen LogP contribution in [0.25, 0.3) is 108 Å². The van der Waals surface area contributed by atoms with Gasteiger partial charge in [-0.05, 0) is 102 Å². The van der Waals surface area contributed by atoms with Crippen LogP contribution >= 0.6 is 11.3 Å². The topological polar surface area (TPSA) is 13.1 Å². The highest BCUT2D eigenvalue weighted by Gasteiger charge is 2.19. The summed E-state index contributed by atoms with van der Waals surface area (Å²) in [6.45, 7) is 0. The Morgan fingerprint density at radius 2 is 0.827 bits per heavy atom. The molecule has 0 saturated carbocycles. The van der Waals surface area contributed by atoms with Gasteiger partial charge in [0.2, 0.25) is 0 Å². The van der Waals surface area contributed by atoms with Crippen molar-refractivity contribution in [3.8, 4) is 44.5 Å². The van der Waals surface area contributed by atoms with Crippen LogP contribution in [0.3, 0.4) is 0 Å². The molecule has 0 spiro atoms. The molecule has 11 aromatic rings. The number of benzene rings is 9. The third kappa shape index (κ3) is 4.48. The van der Waals surface area contributed by atoms with E-state index in [0.29, 0.717) is 0 Å². The lowest BCUT2D eigenvalue weighted by atomic mass is 9.85. The average Bonchev–Trinajstić information content (AvgIpc) is 3.78. The normalized spacial score (nSPS) is 11.8. The number of hydrogen-bond donors (Lipinski definition) is 0. The Morgan fingerprint density at radius 1 is 0.308 bits per heavy atom. The molecule has 242 valence electrons. The standard InChI is InChI=1S/C50H30OS/c1-2-12-32(13-3-1)48-37-15-4-6-17-39(37)49(40-18-7-5-16-38(40)48)33-24-22-31(23-25-33)42-29-35(30-45-50(42)41-19-8-10-20-44(41)51-45)34-26-27-47-43(28-34)36-14-9-11-21-46(36)52-47/h1-30H. The highest BCUT2D eigenvalue weighted by molar-refractivity contribution is 7.25. The third-order valence-corrected chi connectivity index (χ3v) is 11.8. The first-order valence-electron chi connectivity index (χ1n) is 17.8. The number of para-hydroxylation sites is 1. The van der Waals surface area contributed by atoms with Crippen LogP contribution in [0.4, 0.5) is 0 Å². The molecule has 0 bridgehead atoms. The van der Waals surface area contributed by atoms with Gasteiger partial charge >= 0.3 is 0 Å². The molecule has 0 aliphatic heterocycles. The fraction of sp³-hybridized carbons (Fsp3) is 0. The number of rotatable bonds is 4. The largest absolute Gasteiger partial charge is 0.456 e. The molecule has 2 aromatic heterocycles. The van der Waals surface area contributed by atoms with Gasteiger partial charge in [0.15, 0.2) is 0 Å². The lowest BCUT2D eigenvalue weighted by Crippen LogP contribution is -1.91. The average molecular weight is 679 g/mol. The predicted molar refractivity (Wildman–Crippen MR) is 223 cm³/mol. The van der Waals surface area contributed by atoms with E-state index in [1.165, 1.54) is 80.7 Å². The van der Waals surface area contributed by atoms with E-state index in [1.807, 2.05) is 17.4 Å². The Hall–Kier alpha value is -6.48. The Labute approximate surface area is 304 Å². The van der Waals surface area contributed by atoms with Crippen LogP contribution in [-0.2, 0) is 0 Å². The molecular formula is C50H30OS. The smallest absolute Gasteiger partial charge is 0.136 e. The zero-order valence-electron chi connectivity index (χ0n) is 28.1. The zero-order valence-corrected chi connectivity index (χ0v) is 29.0. The maximum atomic E-state index is 6.56. The van der Waals surface area contributed by atoms with Gasteiger partial charge < -0.3 is 4.42 Å². The van der Waals surface area contributed by atoms with Gasteiger partial charge in [-0.15, -0.1) is 11.3 Å². The van der Waals surface area contributed by atoms with Gasteiger partial charge in [0.05, 0.1) is 0 Å². The van der Waals surface area contributed by atoms with Crippen molar-refractivity contribution >= 4 is 75.0 Å². The van der Waals surface area contributed by atoms with E-state index in [4.69, 9.17) is 4.42 Å². The highest BCUT2D eigenvalue weighted by Crippen LogP contribution is 2.45. The summed E-state index contributed by atoms with van der Waals surface area (Å²) in [6, 6.07) is 66.2. The van der Waals surface area contributed by atoms with Crippen molar-refractivity contribution in [1.82, 2.24) is 0 Å². The van der Waals surface area contributed by atoms with E-state index in [2.05, 4.69) is 176 Å². The van der Waals surface area contributed by atoms with E-state index >= 15 is 0 Å². The van der Waals surface area contributed by atoms with Crippen LogP contribution in [0.15, 0.2) is 186 Å². The summed E-state index contributed by atoms with van der Waals surface area (Å²) >= 11 is 1.85. The van der Waals surface area contributed by atoms with Crippen LogP contribution < -0.4 is 0 Å². The van der Waals surface area contributed by atoms with Crippen molar-refractivity contribution in [2.45, 2.75) is 0 Å². The van der Waals surface area contributed by atoms with Gasteiger partial charge in [-0.1, -0.05) is 146 Å². The Morgan fingerprint density at radius 3 is 1.52 bits per heavy atom. The molecule has 0 atom stereocenters. The zero-order chi connectivity index (χ0) is 34.2. The molecule has 1 nitrogen and oxygen atoms in total. The summed E-state index contributed by atoms with van der Waals surface area (Å²) in [5, 5.41) is 9.94. The molecule has 2 heteroatoms. The monoisotopic (exact) mass is 678 g/mol. The molecule has 0 saturated heterocycles. The molecule has 0 aliphatic carbocycles. The summed E-state index contributed by atoms with van der Waals surface area (Å²) in [4.78, 5) is 0. The van der Waals surface area contributed by atoms with Gasteiger partial charge in [0.25, 0.3) is 0 Å². The van der Waals surface area contributed by atoms with Crippen molar-refractivity contribution in [3.63, 3.8) is 0 Å². The maximum Gasteiger partial charge on any atom is 0.136 e. The summed E-state index contributed by atoms with van der Waals surface area (Å²) in [5.74, 6) is 0. The quantitative estimate of drug-likeness (QED) is 0.169. The fourth-order valence-corrected chi connectivity index (χ4v) is 9.41. The molecule has 2 heterocycles. The molecule has 11 rings (SSSR count). The Kier molecular flexibility index (Phi) is 6.49. The Bertz CT molecular complexity index is 3110. The first-order valence-corrected chi connectivity index (χ1v) is 18.6. The van der Waals surface area contributed by atoms with Gasteiger partial charge in [-0.2, -0.15) is 0 Å². The SMILES string of the molecule is c1ccc(-c2c3ccccc3c(-c3ccc(-c4cc(-c5ccc6sc7ccccc7c6c5)cc5oc6ccccc6c45)cc3)c3ccccc23)cc1. The van der Waals surface area contributed by atoms with Crippen LogP contribution in [0.1, 0.15) is 0 Å². The van der Waals surface area contributed by atoms with Crippen molar-refractivity contribution < 1.29 is 4.42 Å². The predicted octanol–water partition coefficient (Wildman–Crippen LogP) is 14.9. The van der Waals surface area contributed by atoms with E-state index in [0.717, 1.165) is 27.5 Å². The summed E-state index contributed by atoms with van der Waals surface area (Å²) in [5.41, 5.74) is 11.5. The number of thiophene rings is 1. The maximum absolute atomic E-state index is 6.56. The molecule has 0 N–H and O–H groups in total. The number of hydrogen-bond acceptors (Lipinski definition) is 2. The van der Waals surface area contributed by atoms with Crippen LogP contribution in [0.5, 0.6) is 0 Å². The number of furan rings is 1. The second-order valence-electron chi connectivity index (χ2n) is 13.6. The Balaban J connectivity index is 1.11. The molecular weight excluding hydrogens is 649 g/mol. The molecule has 0 aliphatic rings. The van der Waals surface area contributed by atoms with Crippen molar-refractivity contribution in [3.05, 3.63) is 182 Å². The van der Waals surface area contributed by atoms with Crippen LogP contribution in [0, 0.1) is 0 Å². The van der Waals surface area contributed by atoms with Gasteiger partial charge in [0.1, 0.15) is 11.2 Å². The summed E-state index contributed by atoms with van der Waals surface area (Å²) < 4.78 is 9.18. The molecule has 0 fully saturated rings.